The maximum atomic E-state index is 10.3. The summed E-state index contributed by atoms with van der Waals surface area (Å²) in [5, 5.41) is 10.3. The van der Waals surface area contributed by atoms with Gasteiger partial charge in [-0.2, -0.15) is 0 Å². The average Bonchev–Trinajstić information content (AvgIpc) is 2.69. The first-order valence-corrected chi connectivity index (χ1v) is 5.72. The summed E-state index contributed by atoms with van der Waals surface area (Å²) in [6, 6.07) is 4.15. The minimum absolute atomic E-state index is 0.643. The quantitative estimate of drug-likeness (QED) is 0.860. The number of hydrogen-bond donors (Lipinski definition) is 1. The molecule has 1 atom stereocenters. The summed E-state index contributed by atoms with van der Waals surface area (Å²) in [6.07, 6.45) is 2.91. The van der Waals surface area contributed by atoms with Crippen molar-refractivity contribution in [3.8, 4) is 0 Å². The lowest BCUT2D eigenvalue weighted by Crippen LogP contribution is -2.03. The summed E-state index contributed by atoms with van der Waals surface area (Å²) in [5.74, 6) is 0. The summed E-state index contributed by atoms with van der Waals surface area (Å²) in [4.78, 5) is 4.20. The Kier molecular flexibility index (Phi) is 3.03. The summed E-state index contributed by atoms with van der Waals surface area (Å²) < 4.78 is 1.84. The Morgan fingerprint density at radius 1 is 1.12 bits per heavy atom. The van der Waals surface area contributed by atoms with Gasteiger partial charge in [0.25, 0.3) is 0 Å². The molecule has 17 heavy (non-hydrogen) atoms. The monoisotopic (exact) mass is 230 g/mol. The van der Waals surface area contributed by atoms with Crippen LogP contribution < -0.4 is 0 Å². The van der Waals surface area contributed by atoms with Crippen molar-refractivity contribution < 1.29 is 5.11 Å². The zero-order chi connectivity index (χ0) is 12.6. The fraction of sp³-hybridized carbons (Fsp3) is 0.357. The second kappa shape index (κ2) is 4.34. The highest BCUT2D eigenvalue weighted by Gasteiger charge is 2.16. The number of benzene rings is 1. The molecule has 0 aliphatic rings. The molecule has 0 radical (unpaired) electrons. The molecule has 2 rings (SSSR count). The minimum Gasteiger partial charge on any atom is -0.382 e. The van der Waals surface area contributed by atoms with Crippen molar-refractivity contribution in [1.82, 2.24) is 9.55 Å². The van der Waals surface area contributed by atoms with E-state index >= 15 is 0 Å². The molecular formula is C14H18N2O. The first kappa shape index (κ1) is 11.9. The van der Waals surface area contributed by atoms with E-state index in [2.05, 4.69) is 24.9 Å². The molecule has 0 saturated carbocycles. The summed E-state index contributed by atoms with van der Waals surface area (Å²) in [7, 11) is 1.90. The van der Waals surface area contributed by atoms with E-state index in [1.807, 2.05) is 30.8 Å². The van der Waals surface area contributed by atoms with Crippen LogP contribution in [0.5, 0.6) is 0 Å². The first-order valence-electron chi connectivity index (χ1n) is 5.72. The van der Waals surface area contributed by atoms with Crippen molar-refractivity contribution in [3.63, 3.8) is 0 Å². The first-order chi connectivity index (χ1) is 7.99. The summed E-state index contributed by atoms with van der Waals surface area (Å²) in [5.41, 5.74) is 5.18. The Labute approximate surface area is 102 Å². The molecule has 0 aliphatic carbocycles. The number of nitrogens with zero attached hydrogens (tertiary/aromatic N) is 2. The highest BCUT2D eigenvalue weighted by Crippen LogP contribution is 2.25. The van der Waals surface area contributed by atoms with Gasteiger partial charge >= 0.3 is 0 Å². The van der Waals surface area contributed by atoms with Gasteiger partial charge in [-0.3, -0.25) is 0 Å². The number of aliphatic hydroxyl groups excluding tert-OH is 1. The summed E-state index contributed by atoms with van der Waals surface area (Å²) >= 11 is 0. The van der Waals surface area contributed by atoms with Crippen molar-refractivity contribution in [3.05, 3.63) is 52.6 Å². The van der Waals surface area contributed by atoms with Crippen molar-refractivity contribution in [2.75, 3.05) is 0 Å². The van der Waals surface area contributed by atoms with E-state index in [0.717, 1.165) is 11.1 Å². The van der Waals surface area contributed by atoms with Crippen LogP contribution >= 0.6 is 0 Å². The van der Waals surface area contributed by atoms with Crippen LogP contribution in [0, 0.1) is 20.8 Å². The second-order valence-electron chi connectivity index (χ2n) is 4.66. The lowest BCUT2D eigenvalue weighted by molar-refractivity contribution is 0.215. The smallest absolute Gasteiger partial charge is 0.123 e. The van der Waals surface area contributed by atoms with Crippen molar-refractivity contribution >= 4 is 0 Å². The van der Waals surface area contributed by atoms with Crippen molar-refractivity contribution in [2.24, 2.45) is 7.05 Å². The average molecular weight is 230 g/mol. The lowest BCUT2D eigenvalue weighted by atomic mass is 9.96. The van der Waals surface area contributed by atoms with Gasteiger partial charge < -0.3 is 9.67 Å². The molecule has 1 aromatic heterocycles. The molecular weight excluding hydrogens is 212 g/mol. The highest BCUT2D eigenvalue weighted by molar-refractivity contribution is 5.39. The van der Waals surface area contributed by atoms with E-state index in [1.165, 1.54) is 11.1 Å². The van der Waals surface area contributed by atoms with E-state index in [0.29, 0.717) is 5.69 Å². The van der Waals surface area contributed by atoms with Gasteiger partial charge in [0.15, 0.2) is 0 Å². The number of aromatic nitrogens is 2. The molecule has 1 heterocycles. The fourth-order valence-electron chi connectivity index (χ4n) is 2.01. The molecule has 0 aliphatic heterocycles. The highest BCUT2D eigenvalue weighted by atomic mass is 16.3. The largest absolute Gasteiger partial charge is 0.382 e. The Balaban J connectivity index is 2.43. The van der Waals surface area contributed by atoms with Crippen LogP contribution in [-0.4, -0.2) is 14.7 Å². The molecule has 1 unspecified atom stereocenters. The number of rotatable bonds is 2. The standard InChI is InChI=1S/C14H18N2O/c1-9-5-11(3)12(6-10(9)2)14(17)13-7-16(4)8-15-13/h5-8,14,17H,1-4H3. The third-order valence-corrected chi connectivity index (χ3v) is 3.18. The number of hydrogen-bond acceptors (Lipinski definition) is 2. The number of imidazole rings is 1. The SMILES string of the molecule is Cc1cc(C)c(C(O)c2cn(C)cn2)cc1C. The molecule has 3 heteroatoms. The topological polar surface area (TPSA) is 38.0 Å². The maximum Gasteiger partial charge on any atom is 0.123 e. The predicted octanol–water partition coefficient (Wildman–Crippen LogP) is 2.43. The van der Waals surface area contributed by atoms with Crippen LogP contribution in [-0.2, 0) is 7.05 Å². The van der Waals surface area contributed by atoms with Crippen LogP contribution in [0.4, 0.5) is 0 Å². The third-order valence-electron chi connectivity index (χ3n) is 3.18. The zero-order valence-electron chi connectivity index (χ0n) is 10.7. The molecule has 0 amide bonds. The minimum atomic E-state index is -0.643. The molecule has 0 fully saturated rings. The van der Waals surface area contributed by atoms with E-state index in [-0.39, 0.29) is 0 Å². The molecule has 1 N–H and O–H groups in total. The van der Waals surface area contributed by atoms with E-state index in [4.69, 9.17) is 0 Å². The molecule has 0 spiro atoms. The molecule has 0 saturated heterocycles. The molecule has 3 nitrogen and oxygen atoms in total. The van der Waals surface area contributed by atoms with E-state index < -0.39 is 6.10 Å². The van der Waals surface area contributed by atoms with E-state index in [9.17, 15) is 5.11 Å². The van der Waals surface area contributed by atoms with Crippen LogP contribution in [0.3, 0.4) is 0 Å². The molecule has 1 aromatic carbocycles. The van der Waals surface area contributed by atoms with Crippen LogP contribution in [0.15, 0.2) is 24.7 Å². The van der Waals surface area contributed by atoms with Gasteiger partial charge in [0.1, 0.15) is 6.10 Å². The van der Waals surface area contributed by atoms with Gasteiger partial charge in [-0.15, -0.1) is 0 Å². The van der Waals surface area contributed by atoms with Gasteiger partial charge in [-0.05, 0) is 43.0 Å². The van der Waals surface area contributed by atoms with Crippen LogP contribution in [0.2, 0.25) is 0 Å². The van der Waals surface area contributed by atoms with Gasteiger partial charge in [0.05, 0.1) is 12.0 Å². The van der Waals surface area contributed by atoms with Crippen LogP contribution in [0.25, 0.3) is 0 Å². The zero-order valence-corrected chi connectivity index (χ0v) is 10.7. The molecule has 90 valence electrons. The summed E-state index contributed by atoms with van der Waals surface area (Å²) in [6.45, 7) is 6.16. The Morgan fingerprint density at radius 2 is 1.76 bits per heavy atom. The number of aryl methyl sites for hydroxylation is 4. The maximum absolute atomic E-state index is 10.3. The Morgan fingerprint density at radius 3 is 2.35 bits per heavy atom. The fourth-order valence-corrected chi connectivity index (χ4v) is 2.01. The molecule has 2 aromatic rings. The number of aliphatic hydroxyl groups is 1. The van der Waals surface area contributed by atoms with Gasteiger partial charge in [-0.25, -0.2) is 4.98 Å². The van der Waals surface area contributed by atoms with Gasteiger partial charge in [-0.1, -0.05) is 12.1 Å². The molecule has 0 bridgehead atoms. The lowest BCUT2D eigenvalue weighted by Gasteiger charge is -2.14. The van der Waals surface area contributed by atoms with Gasteiger partial charge in [0, 0.05) is 13.2 Å². The normalized spacial score (nSPS) is 12.8. The second-order valence-corrected chi connectivity index (χ2v) is 4.66. The van der Waals surface area contributed by atoms with Crippen molar-refractivity contribution in [1.29, 1.82) is 0 Å². The van der Waals surface area contributed by atoms with Gasteiger partial charge in [0.2, 0.25) is 0 Å². The van der Waals surface area contributed by atoms with Crippen LogP contribution in [0.1, 0.15) is 34.1 Å². The Bertz CT molecular complexity index is 543. The Hall–Kier alpha value is -1.61. The third kappa shape index (κ3) is 2.24. The van der Waals surface area contributed by atoms with Crippen molar-refractivity contribution in [2.45, 2.75) is 26.9 Å². The predicted molar refractivity (Wildman–Crippen MR) is 67.9 cm³/mol. The van der Waals surface area contributed by atoms with E-state index in [1.54, 1.807) is 6.33 Å².